The van der Waals surface area contributed by atoms with E-state index in [2.05, 4.69) is 25.9 Å². The van der Waals surface area contributed by atoms with E-state index in [0.717, 1.165) is 0 Å². The fourth-order valence-electron chi connectivity index (χ4n) is 1.89. The quantitative estimate of drug-likeness (QED) is 0.339. The molecule has 1 unspecified atom stereocenters. The lowest BCUT2D eigenvalue weighted by Gasteiger charge is -2.37. The Morgan fingerprint density at radius 2 is 1.94 bits per heavy atom. The van der Waals surface area contributed by atoms with E-state index in [1.54, 1.807) is 11.9 Å². The van der Waals surface area contributed by atoms with Gasteiger partial charge in [-0.15, -0.1) is 0 Å². The first kappa shape index (κ1) is 13.8. The second-order valence-corrected chi connectivity index (χ2v) is 6.03. The minimum atomic E-state index is -0.747. The second kappa shape index (κ2) is 4.20. The third-order valence-corrected chi connectivity index (χ3v) is 3.91. The van der Waals surface area contributed by atoms with Crippen molar-refractivity contribution in [3.63, 3.8) is 0 Å². The van der Waals surface area contributed by atoms with Gasteiger partial charge in [0.15, 0.2) is 5.84 Å². The molecule has 0 spiro atoms. The Hall–Kier alpha value is -1.26. The first-order valence-electron chi connectivity index (χ1n) is 5.92. The van der Waals surface area contributed by atoms with Crippen molar-refractivity contribution in [2.45, 2.75) is 46.6 Å². The van der Waals surface area contributed by atoms with E-state index in [0.29, 0.717) is 12.8 Å². The Morgan fingerprint density at radius 3 is 2.24 bits per heavy atom. The minimum absolute atomic E-state index is 0.00556. The molecule has 0 aromatic heterocycles. The zero-order valence-corrected chi connectivity index (χ0v) is 11.3. The molecule has 0 aromatic rings. The molecule has 3 N–H and O–H groups in total. The molecule has 0 heterocycles. The van der Waals surface area contributed by atoms with Gasteiger partial charge in [-0.25, -0.2) is 0 Å². The molecule has 0 bridgehead atoms. The highest BCUT2D eigenvalue weighted by molar-refractivity contribution is 6.09. The van der Waals surface area contributed by atoms with Crippen molar-refractivity contribution >= 4 is 11.7 Å². The van der Waals surface area contributed by atoms with Gasteiger partial charge in [-0.2, -0.15) is 0 Å². The number of oxime groups is 1. The molecule has 0 aliphatic heterocycles. The van der Waals surface area contributed by atoms with Gasteiger partial charge in [0.1, 0.15) is 5.41 Å². The van der Waals surface area contributed by atoms with Crippen LogP contribution in [0.3, 0.4) is 0 Å². The number of nitrogens with two attached hydrogens (primary N) is 1. The van der Waals surface area contributed by atoms with E-state index in [9.17, 15) is 4.79 Å². The molecule has 1 fully saturated rings. The molecule has 17 heavy (non-hydrogen) atoms. The maximum absolute atomic E-state index is 12.4. The number of carbonyl (C=O) groups is 1. The third-order valence-electron chi connectivity index (χ3n) is 3.91. The summed E-state index contributed by atoms with van der Waals surface area (Å²) in [5.74, 6) is -0.00863. The zero-order valence-electron chi connectivity index (χ0n) is 11.3. The van der Waals surface area contributed by atoms with E-state index in [-0.39, 0.29) is 23.2 Å². The number of rotatable bonds is 3. The lowest BCUT2D eigenvalue weighted by Crippen LogP contribution is -2.49. The average molecular weight is 241 g/mol. The van der Waals surface area contributed by atoms with Crippen molar-refractivity contribution in [2.24, 2.45) is 21.7 Å². The van der Waals surface area contributed by atoms with Crippen LogP contribution in [-0.4, -0.2) is 34.9 Å². The summed E-state index contributed by atoms with van der Waals surface area (Å²) in [6.07, 6.45) is 1.34. The van der Waals surface area contributed by atoms with Crippen molar-refractivity contribution in [2.75, 3.05) is 7.05 Å². The van der Waals surface area contributed by atoms with Crippen molar-refractivity contribution < 1.29 is 10.0 Å². The van der Waals surface area contributed by atoms with Crippen LogP contribution >= 0.6 is 0 Å². The highest BCUT2D eigenvalue weighted by atomic mass is 16.4. The summed E-state index contributed by atoms with van der Waals surface area (Å²) in [6.45, 7) is 8.28. The number of hydrogen-bond donors (Lipinski definition) is 2. The molecule has 5 heteroatoms. The van der Waals surface area contributed by atoms with Gasteiger partial charge >= 0.3 is 0 Å². The lowest BCUT2D eigenvalue weighted by molar-refractivity contribution is -0.137. The van der Waals surface area contributed by atoms with Crippen LogP contribution in [0.15, 0.2) is 5.16 Å². The van der Waals surface area contributed by atoms with Crippen molar-refractivity contribution in [3.05, 3.63) is 0 Å². The van der Waals surface area contributed by atoms with Crippen LogP contribution in [0, 0.1) is 10.8 Å². The molecule has 1 aliphatic carbocycles. The Balaban J connectivity index is 2.85. The Bertz CT molecular complexity index is 340. The summed E-state index contributed by atoms with van der Waals surface area (Å²) in [5, 5.41) is 11.7. The monoisotopic (exact) mass is 241 g/mol. The smallest absolute Gasteiger partial charge is 0.236 e. The Morgan fingerprint density at radius 1 is 1.47 bits per heavy atom. The first-order chi connectivity index (χ1) is 7.66. The van der Waals surface area contributed by atoms with Crippen LogP contribution in [0.4, 0.5) is 0 Å². The standard InChI is InChI=1S/C12H23N3O2/c1-8(11(2,3)4)15(5)10(16)12(6-7-12)9(13)14-17/h8,17H,6-7H2,1-5H3,(H2,13,14). The number of hydrogen-bond acceptors (Lipinski definition) is 3. The normalized spacial score (nSPS) is 20.9. The Labute approximate surface area is 103 Å². The summed E-state index contributed by atoms with van der Waals surface area (Å²) in [5.41, 5.74) is 4.87. The van der Waals surface area contributed by atoms with Crippen LogP contribution in [0.2, 0.25) is 0 Å². The van der Waals surface area contributed by atoms with E-state index in [1.165, 1.54) is 0 Å². The molecule has 5 nitrogen and oxygen atoms in total. The van der Waals surface area contributed by atoms with E-state index in [1.807, 2.05) is 6.92 Å². The summed E-state index contributed by atoms with van der Waals surface area (Å²) in [7, 11) is 1.78. The molecular formula is C12H23N3O2. The van der Waals surface area contributed by atoms with E-state index >= 15 is 0 Å². The molecule has 98 valence electrons. The molecule has 1 aliphatic rings. The SMILES string of the molecule is CC(N(C)C(=O)C1(C(N)=NO)CC1)C(C)(C)C. The van der Waals surface area contributed by atoms with Crippen LogP contribution in [-0.2, 0) is 4.79 Å². The second-order valence-electron chi connectivity index (χ2n) is 6.03. The molecule has 1 rings (SSSR count). The molecular weight excluding hydrogens is 218 g/mol. The summed E-state index contributed by atoms with van der Waals surface area (Å²) in [4.78, 5) is 14.1. The number of amides is 1. The highest BCUT2D eigenvalue weighted by Crippen LogP contribution is 2.48. The van der Waals surface area contributed by atoms with Crippen molar-refractivity contribution in [1.29, 1.82) is 0 Å². The van der Waals surface area contributed by atoms with Crippen LogP contribution in [0.1, 0.15) is 40.5 Å². The van der Waals surface area contributed by atoms with Crippen LogP contribution in [0.25, 0.3) is 0 Å². The van der Waals surface area contributed by atoms with Crippen LogP contribution < -0.4 is 5.73 Å². The zero-order chi connectivity index (χ0) is 13.4. The molecule has 1 saturated carbocycles. The van der Waals surface area contributed by atoms with E-state index in [4.69, 9.17) is 10.9 Å². The topological polar surface area (TPSA) is 78.9 Å². The van der Waals surface area contributed by atoms with Gasteiger partial charge in [0.25, 0.3) is 0 Å². The van der Waals surface area contributed by atoms with Gasteiger partial charge in [0, 0.05) is 13.1 Å². The van der Waals surface area contributed by atoms with E-state index < -0.39 is 5.41 Å². The predicted octanol–water partition coefficient (Wildman–Crippen LogP) is 1.41. The summed E-state index contributed by atoms with van der Waals surface area (Å²) >= 11 is 0. The van der Waals surface area contributed by atoms with Gasteiger partial charge in [0.05, 0.1) is 0 Å². The molecule has 0 saturated heterocycles. The number of amidine groups is 1. The fourth-order valence-corrected chi connectivity index (χ4v) is 1.89. The summed E-state index contributed by atoms with van der Waals surface area (Å²) < 4.78 is 0. The van der Waals surface area contributed by atoms with Crippen molar-refractivity contribution in [3.8, 4) is 0 Å². The molecule has 1 atom stereocenters. The van der Waals surface area contributed by atoms with Crippen molar-refractivity contribution in [1.82, 2.24) is 4.90 Å². The maximum atomic E-state index is 12.4. The largest absolute Gasteiger partial charge is 0.409 e. The summed E-state index contributed by atoms with van der Waals surface area (Å²) in [6, 6.07) is 0.0963. The Kier molecular flexibility index (Phi) is 3.41. The maximum Gasteiger partial charge on any atom is 0.236 e. The highest BCUT2D eigenvalue weighted by Gasteiger charge is 2.56. The van der Waals surface area contributed by atoms with Gasteiger partial charge in [-0.05, 0) is 25.2 Å². The average Bonchev–Trinajstić information content (AvgIpc) is 3.04. The molecule has 1 amide bonds. The van der Waals surface area contributed by atoms with Gasteiger partial charge in [0.2, 0.25) is 5.91 Å². The lowest BCUT2D eigenvalue weighted by atomic mass is 9.86. The van der Waals surface area contributed by atoms with Gasteiger partial charge in [-0.1, -0.05) is 25.9 Å². The number of nitrogens with zero attached hydrogens (tertiary/aromatic N) is 2. The van der Waals surface area contributed by atoms with Gasteiger partial charge in [-0.3, -0.25) is 4.79 Å². The first-order valence-corrected chi connectivity index (χ1v) is 5.92. The predicted molar refractivity (Wildman–Crippen MR) is 66.8 cm³/mol. The molecule has 0 radical (unpaired) electrons. The molecule has 0 aromatic carbocycles. The minimum Gasteiger partial charge on any atom is -0.409 e. The van der Waals surface area contributed by atoms with Gasteiger partial charge < -0.3 is 15.8 Å². The fraction of sp³-hybridized carbons (Fsp3) is 0.833. The third kappa shape index (κ3) is 2.37. The number of carbonyl (C=O) groups excluding carboxylic acids is 1. The van der Waals surface area contributed by atoms with Crippen LogP contribution in [0.5, 0.6) is 0 Å².